The summed E-state index contributed by atoms with van der Waals surface area (Å²) in [5, 5.41) is 9.08. The molecule has 22 heavy (non-hydrogen) atoms. The van der Waals surface area contributed by atoms with E-state index in [9.17, 15) is 4.21 Å². The molecule has 4 heteroatoms. The smallest absolute Gasteiger partial charge is 0.0681 e. The number of benzene rings is 2. The summed E-state index contributed by atoms with van der Waals surface area (Å²) in [4.78, 5) is 3.13. The highest BCUT2D eigenvalue weighted by molar-refractivity contribution is 7.84. The van der Waals surface area contributed by atoms with Gasteiger partial charge in [0, 0.05) is 34.5 Å². The van der Waals surface area contributed by atoms with Crippen molar-refractivity contribution in [3.05, 3.63) is 65.2 Å². The largest absolute Gasteiger partial charge is 0.392 e. The summed E-state index contributed by atoms with van der Waals surface area (Å²) in [6.07, 6.45) is 1.70. The molecule has 2 aromatic rings. The fourth-order valence-corrected chi connectivity index (χ4v) is 2.89. The lowest BCUT2D eigenvalue weighted by Crippen LogP contribution is -2.21. The Kier molecular flexibility index (Phi) is 5.89. The molecule has 0 aliphatic carbocycles. The van der Waals surface area contributed by atoms with Gasteiger partial charge in [0.15, 0.2) is 0 Å². The highest BCUT2D eigenvalue weighted by Gasteiger charge is 2.12. The van der Waals surface area contributed by atoms with Crippen molar-refractivity contribution in [2.24, 2.45) is 0 Å². The van der Waals surface area contributed by atoms with Crippen LogP contribution in [0.2, 0.25) is 0 Å². The quantitative estimate of drug-likeness (QED) is 0.890. The molecule has 0 spiro atoms. The van der Waals surface area contributed by atoms with E-state index in [0.29, 0.717) is 0 Å². The van der Waals surface area contributed by atoms with Gasteiger partial charge < -0.3 is 5.11 Å². The third kappa shape index (κ3) is 4.26. The maximum Gasteiger partial charge on any atom is 0.0681 e. The molecule has 2 atom stereocenters. The lowest BCUT2D eigenvalue weighted by molar-refractivity contribution is 0.253. The van der Waals surface area contributed by atoms with Crippen LogP contribution in [0, 0.1) is 0 Å². The minimum absolute atomic E-state index is 0.0810. The number of rotatable bonds is 6. The Hall–Kier alpha value is -1.49. The van der Waals surface area contributed by atoms with Crippen molar-refractivity contribution in [2.45, 2.75) is 31.0 Å². The van der Waals surface area contributed by atoms with Gasteiger partial charge in [-0.15, -0.1) is 0 Å². The molecule has 3 nitrogen and oxygen atoms in total. The van der Waals surface area contributed by atoms with E-state index in [1.165, 1.54) is 11.1 Å². The monoisotopic (exact) mass is 317 g/mol. The van der Waals surface area contributed by atoms with Gasteiger partial charge in [0.2, 0.25) is 0 Å². The van der Waals surface area contributed by atoms with Crippen molar-refractivity contribution in [1.29, 1.82) is 0 Å². The average Bonchev–Trinajstić information content (AvgIpc) is 2.55. The zero-order valence-electron chi connectivity index (χ0n) is 13.3. The maximum absolute atomic E-state index is 11.4. The van der Waals surface area contributed by atoms with E-state index < -0.39 is 10.8 Å². The molecular formula is C18H23NO2S. The third-order valence-electron chi connectivity index (χ3n) is 3.99. The summed E-state index contributed by atoms with van der Waals surface area (Å²) in [5.74, 6) is 0. The zero-order valence-corrected chi connectivity index (χ0v) is 14.1. The van der Waals surface area contributed by atoms with Crippen molar-refractivity contribution in [1.82, 2.24) is 4.90 Å². The van der Waals surface area contributed by atoms with Crippen LogP contribution in [-0.4, -0.2) is 27.5 Å². The van der Waals surface area contributed by atoms with Crippen LogP contribution in [0.3, 0.4) is 0 Å². The molecule has 0 aliphatic heterocycles. The summed E-state index contributed by atoms with van der Waals surface area (Å²) in [7, 11) is 1.16. The summed E-state index contributed by atoms with van der Waals surface area (Å²) >= 11 is 0. The van der Waals surface area contributed by atoms with E-state index in [0.717, 1.165) is 17.0 Å². The van der Waals surface area contributed by atoms with Crippen molar-refractivity contribution in [3.63, 3.8) is 0 Å². The average molecular weight is 317 g/mol. The molecule has 0 amide bonds. The molecule has 0 bridgehead atoms. The van der Waals surface area contributed by atoms with Crippen LogP contribution in [0.4, 0.5) is 0 Å². The molecule has 0 aliphatic rings. The zero-order chi connectivity index (χ0) is 16.1. The Balaban J connectivity index is 2.04. The summed E-state index contributed by atoms with van der Waals surface area (Å²) < 4.78 is 11.4. The Bertz CT molecular complexity index is 623. The Labute approximate surface area is 135 Å². The second-order valence-corrected chi connectivity index (χ2v) is 6.97. The van der Waals surface area contributed by atoms with Crippen LogP contribution in [0.25, 0.3) is 0 Å². The minimum Gasteiger partial charge on any atom is -0.392 e. The first kappa shape index (κ1) is 16.9. The highest BCUT2D eigenvalue weighted by atomic mass is 32.2. The SMILES string of the molecule is CC(c1ccc(S(C)=O)cc1)N(C)Cc1ccc(CO)cc1. The minimum atomic E-state index is -0.930. The number of aliphatic hydroxyl groups is 1. The summed E-state index contributed by atoms with van der Waals surface area (Å²) in [6, 6.07) is 16.3. The van der Waals surface area contributed by atoms with Gasteiger partial charge in [0.05, 0.1) is 6.61 Å². The predicted molar refractivity (Wildman–Crippen MR) is 91.0 cm³/mol. The molecule has 0 aromatic heterocycles. The second-order valence-electron chi connectivity index (χ2n) is 5.59. The Morgan fingerprint density at radius 1 is 1.05 bits per heavy atom. The summed E-state index contributed by atoms with van der Waals surface area (Å²) in [5.41, 5.74) is 3.36. The first-order valence-corrected chi connectivity index (χ1v) is 8.89. The molecule has 0 fully saturated rings. The normalized spacial score (nSPS) is 14.0. The van der Waals surface area contributed by atoms with Gasteiger partial charge in [-0.1, -0.05) is 36.4 Å². The van der Waals surface area contributed by atoms with Gasteiger partial charge in [0.25, 0.3) is 0 Å². The maximum atomic E-state index is 11.4. The molecule has 1 N–H and O–H groups in total. The van der Waals surface area contributed by atoms with E-state index in [1.54, 1.807) is 6.26 Å². The number of nitrogens with zero attached hydrogens (tertiary/aromatic N) is 1. The fraction of sp³-hybridized carbons (Fsp3) is 0.333. The van der Waals surface area contributed by atoms with Crippen LogP contribution in [0.1, 0.15) is 29.7 Å². The van der Waals surface area contributed by atoms with Gasteiger partial charge in [-0.05, 0) is 42.8 Å². The fourth-order valence-electron chi connectivity index (χ4n) is 2.37. The van der Waals surface area contributed by atoms with Crippen LogP contribution in [0.15, 0.2) is 53.4 Å². The van der Waals surface area contributed by atoms with Gasteiger partial charge in [-0.2, -0.15) is 0 Å². The standard InChI is InChI=1S/C18H23NO2S/c1-14(17-8-10-18(11-9-17)22(3)21)19(2)12-15-4-6-16(13-20)7-5-15/h4-11,14,20H,12-13H2,1-3H3. The van der Waals surface area contributed by atoms with Crippen molar-refractivity contribution in [2.75, 3.05) is 13.3 Å². The first-order valence-electron chi connectivity index (χ1n) is 7.33. The lowest BCUT2D eigenvalue weighted by Gasteiger charge is -2.25. The molecule has 118 valence electrons. The number of hydrogen-bond acceptors (Lipinski definition) is 3. The van der Waals surface area contributed by atoms with Gasteiger partial charge in [-0.3, -0.25) is 9.11 Å². The van der Waals surface area contributed by atoms with E-state index >= 15 is 0 Å². The Morgan fingerprint density at radius 2 is 1.59 bits per heavy atom. The predicted octanol–water partition coefficient (Wildman–Crippen LogP) is 3.11. The van der Waals surface area contributed by atoms with Gasteiger partial charge >= 0.3 is 0 Å². The molecule has 2 unspecified atom stereocenters. The summed E-state index contributed by atoms with van der Waals surface area (Å²) in [6.45, 7) is 3.09. The highest BCUT2D eigenvalue weighted by Crippen LogP contribution is 2.22. The van der Waals surface area contributed by atoms with E-state index in [2.05, 4.69) is 31.0 Å². The van der Waals surface area contributed by atoms with Crippen molar-refractivity contribution >= 4 is 10.8 Å². The molecule has 2 aromatic carbocycles. The molecular weight excluding hydrogens is 294 g/mol. The molecule has 0 radical (unpaired) electrons. The van der Waals surface area contributed by atoms with Gasteiger partial charge in [-0.25, -0.2) is 0 Å². The second kappa shape index (κ2) is 7.68. The Morgan fingerprint density at radius 3 is 2.09 bits per heavy atom. The number of aliphatic hydroxyl groups excluding tert-OH is 1. The number of hydrogen-bond donors (Lipinski definition) is 1. The molecule has 0 saturated carbocycles. The topological polar surface area (TPSA) is 40.5 Å². The lowest BCUT2D eigenvalue weighted by atomic mass is 10.1. The van der Waals surface area contributed by atoms with Crippen LogP contribution < -0.4 is 0 Å². The van der Waals surface area contributed by atoms with Crippen LogP contribution in [0.5, 0.6) is 0 Å². The van der Waals surface area contributed by atoms with E-state index in [1.807, 2.05) is 36.4 Å². The first-order chi connectivity index (χ1) is 10.5. The molecule has 0 heterocycles. The third-order valence-corrected chi connectivity index (χ3v) is 4.93. The van der Waals surface area contributed by atoms with Crippen LogP contribution >= 0.6 is 0 Å². The van der Waals surface area contributed by atoms with Crippen LogP contribution in [-0.2, 0) is 24.0 Å². The molecule has 0 saturated heterocycles. The van der Waals surface area contributed by atoms with Crippen molar-refractivity contribution in [3.8, 4) is 0 Å². The van der Waals surface area contributed by atoms with Gasteiger partial charge in [0.1, 0.15) is 0 Å². The van der Waals surface area contributed by atoms with E-state index in [4.69, 9.17) is 5.11 Å². The van der Waals surface area contributed by atoms with Crippen molar-refractivity contribution < 1.29 is 9.32 Å². The van der Waals surface area contributed by atoms with E-state index in [-0.39, 0.29) is 12.6 Å². The molecule has 2 rings (SSSR count).